The Morgan fingerprint density at radius 3 is 2.47 bits per heavy atom. The van der Waals surface area contributed by atoms with Crippen LogP contribution in [-0.2, 0) is 45.0 Å². The molecule has 0 atom stereocenters. The van der Waals surface area contributed by atoms with E-state index < -0.39 is 32.5 Å². The van der Waals surface area contributed by atoms with E-state index in [1.54, 1.807) is 10.8 Å². The van der Waals surface area contributed by atoms with Crippen molar-refractivity contribution in [1.29, 1.82) is 0 Å². The van der Waals surface area contributed by atoms with Gasteiger partial charge >= 0.3 is 32.5 Å². The SMILES string of the molecule is CN(C)CCc1c[nH]c2ccc(/C=C/NS(=O)(=O)OC(=O)C(=O)OS(N)(=O)=O)cc12. The molecule has 0 radical (unpaired) electrons. The monoisotopic (exact) mass is 460 g/mol. The predicted octanol–water partition coefficient (Wildman–Crippen LogP) is -0.633. The van der Waals surface area contributed by atoms with Gasteiger partial charge in [0, 0.05) is 29.8 Å². The van der Waals surface area contributed by atoms with Crippen LogP contribution in [0, 0.1) is 0 Å². The summed E-state index contributed by atoms with van der Waals surface area (Å²) in [5.74, 6) is -4.18. The van der Waals surface area contributed by atoms with Crippen molar-refractivity contribution in [2.75, 3.05) is 20.6 Å². The van der Waals surface area contributed by atoms with Crippen LogP contribution in [-0.4, -0.2) is 59.3 Å². The van der Waals surface area contributed by atoms with Gasteiger partial charge < -0.3 is 18.3 Å². The molecule has 0 amide bonds. The molecule has 1 aromatic carbocycles. The third kappa shape index (κ3) is 7.14. The molecule has 0 saturated heterocycles. The summed E-state index contributed by atoms with van der Waals surface area (Å²) < 4.78 is 53.7. The van der Waals surface area contributed by atoms with Crippen molar-refractivity contribution >= 4 is 49.5 Å². The maximum Gasteiger partial charge on any atom is 0.435 e. The van der Waals surface area contributed by atoms with Crippen LogP contribution in [0.1, 0.15) is 11.1 Å². The number of hydrogen-bond donors (Lipinski definition) is 3. The summed E-state index contributed by atoms with van der Waals surface area (Å²) in [6, 6.07) is 5.40. The Bertz CT molecular complexity index is 1180. The summed E-state index contributed by atoms with van der Waals surface area (Å²) in [6.45, 7) is 0.853. The molecule has 1 heterocycles. The lowest BCUT2D eigenvalue weighted by atomic mass is 10.1. The van der Waals surface area contributed by atoms with Gasteiger partial charge in [-0.2, -0.15) is 22.0 Å². The first-order chi connectivity index (χ1) is 13.9. The number of fused-ring (bicyclic) bond motifs is 1. The molecular formula is C16H20N4O8S2. The summed E-state index contributed by atoms with van der Waals surface area (Å²) in [5, 5.41) is 5.37. The van der Waals surface area contributed by atoms with Gasteiger partial charge in [0.15, 0.2) is 0 Å². The number of carbonyl (C=O) groups excluding carboxylic acids is 2. The Morgan fingerprint density at radius 2 is 1.83 bits per heavy atom. The second-order valence-electron chi connectivity index (χ2n) is 6.31. The Kier molecular flexibility index (Phi) is 7.20. The first-order valence-electron chi connectivity index (χ1n) is 8.30. The molecule has 4 N–H and O–H groups in total. The van der Waals surface area contributed by atoms with Crippen LogP contribution in [0.15, 0.2) is 30.6 Å². The molecule has 0 saturated carbocycles. The Hall–Kier alpha value is -2.94. The first kappa shape index (κ1) is 23.3. The lowest BCUT2D eigenvalue weighted by Crippen LogP contribution is -2.32. The number of hydrogen-bond acceptors (Lipinski definition) is 9. The van der Waals surface area contributed by atoms with Gasteiger partial charge in [0.05, 0.1) is 0 Å². The molecule has 164 valence electrons. The molecule has 0 spiro atoms. The van der Waals surface area contributed by atoms with Crippen molar-refractivity contribution in [3.63, 3.8) is 0 Å². The highest BCUT2D eigenvalue weighted by molar-refractivity contribution is 7.85. The minimum atomic E-state index is -4.79. The summed E-state index contributed by atoms with van der Waals surface area (Å²) in [6.07, 6.45) is 5.10. The third-order valence-corrected chi connectivity index (χ3v) is 4.83. The van der Waals surface area contributed by atoms with Gasteiger partial charge in [-0.05, 0) is 49.9 Å². The van der Waals surface area contributed by atoms with E-state index in [0.717, 1.165) is 35.6 Å². The summed E-state index contributed by atoms with van der Waals surface area (Å²) in [5.41, 5.74) is 2.66. The Labute approximate surface area is 173 Å². The molecule has 0 aliphatic heterocycles. The Morgan fingerprint density at radius 1 is 1.17 bits per heavy atom. The number of benzene rings is 1. The molecule has 0 bridgehead atoms. The molecular weight excluding hydrogens is 440 g/mol. The van der Waals surface area contributed by atoms with Gasteiger partial charge in [0.2, 0.25) is 0 Å². The van der Waals surface area contributed by atoms with Crippen molar-refractivity contribution in [2.24, 2.45) is 5.14 Å². The summed E-state index contributed by atoms with van der Waals surface area (Å²) >= 11 is 0. The molecule has 1 aromatic heterocycles. The minimum absolute atomic E-state index is 0.649. The molecule has 2 rings (SSSR count). The number of likely N-dealkylation sites (N-methyl/N-ethyl adjacent to an activating group) is 1. The number of H-pyrrole nitrogens is 1. The highest BCUT2D eigenvalue weighted by Crippen LogP contribution is 2.21. The van der Waals surface area contributed by atoms with Crippen LogP contribution in [0.5, 0.6) is 0 Å². The zero-order valence-electron chi connectivity index (χ0n) is 16.0. The fourth-order valence-corrected chi connectivity index (χ4v) is 3.19. The van der Waals surface area contributed by atoms with Crippen LogP contribution in [0.2, 0.25) is 0 Å². The van der Waals surface area contributed by atoms with E-state index in [-0.39, 0.29) is 0 Å². The average molecular weight is 460 g/mol. The van der Waals surface area contributed by atoms with E-state index in [0.29, 0.717) is 5.56 Å². The lowest BCUT2D eigenvalue weighted by Gasteiger charge is -2.08. The molecule has 0 fully saturated rings. The fraction of sp³-hybridized carbons (Fsp3) is 0.250. The van der Waals surface area contributed by atoms with Crippen LogP contribution >= 0.6 is 0 Å². The molecule has 2 aromatic rings. The fourth-order valence-electron chi connectivity index (χ4n) is 2.36. The zero-order valence-corrected chi connectivity index (χ0v) is 17.6. The van der Waals surface area contributed by atoms with Crippen molar-refractivity contribution in [3.05, 3.63) is 41.7 Å². The molecule has 0 aliphatic carbocycles. The van der Waals surface area contributed by atoms with Gasteiger partial charge in [-0.3, -0.25) is 4.72 Å². The maximum absolute atomic E-state index is 11.7. The average Bonchev–Trinajstić information content (AvgIpc) is 3.00. The largest absolute Gasteiger partial charge is 0.435 e. The zero-order chi connectivity index (χ0) is 22.5. The number of nitrogens with zero attached hydrogens (tertiary/aromatic N) is 1. The number of rotatable bonds is 8. The topological polar surface area (TPSA) is 178 Å². The molecule has 0 aliphatic rings. The molecule has 14 heteroatoms. The van der Waals surface area contributed by atoms with Gasteiger partial charge in [0.25, 0.3) is 0 Å². The van der Waals surface area contributed by atoms with Gasteiger partial charge in [0.1, 0.15) is 0 Å². The van der Waals surface area contributed by atoms with E-state index in [1.807, 2.05) is 32.4 Å². The van der Waals surface area contributed by atoms with E-state index >= 15 is 0 Å². The second kappa shape index (κ2) is 9.25. The highest BCUT2D eigenvalue weighted by Gasteiger charge is 2.27. The standard InChI is InChI=1S/C16H20N4O8S2/c1-20(2)8-6-12-10-18-14-4-3-11(9-13(12)14)5-7-19-30(25,26)28-16(22)15(21)27-29(17,23)24/h3-5,7,9-10,18-19H,6,8H2,1-2H3,(H2,17,23,24)/b7-5+. The van der Waals surface area contributed by atoms with Crippen molar-refractivity contribution in [2.45, 2.75) is 6.42 Å². The normalized spacial score (nSPS) is 12.4. The van der Waals surface area contributed by atoms with Crippen molar-refractivity contribution in [3.8, 4) is 0 Å². The summed E-state index contributed by atoms with van der Waals surface area (Å²) in [4.78, 5) is 27.6. The third-order valence-electron chi connectivity index (χ3n) is 3.65. The molecule has 12 nitrogen and oxygen atoms in total. The van der Waals surface area contributed by atoms with Crippen molar-refractivity contribution < 1.29 is 34.8 Å². The van der Waals surface area contributed by atoms with Crippen LogP contribution in [0.3, 0.4) is 0 Å². The highest BCUT2D eigenvalue weighted by atomic mass is 32.2. The van der Waals surface area contributed by atoms with E-state index in [9.17, 15) is 26.4 Å². The van der Waals surface area contributed by atoms with Crippen LogP contribution in [0.4, 0.5) is 0 Å². The van der Waals surface area contributed by atoms with E-state index in [1.165, 1.54) is 6.08 Å². The number of aromatic nitrogens is 1. The number of nitrogens with one attached hydrogen (secondary N) is 2. The van der Waals surface area contributed by atoms with E-state index in [4.69, 9.17) is 0 Å². The minimum Gasteiger partial charge on any atom is -0.361 e. The molecule has 0 unspecified atom stereocenters. The first-order valence-corrected chi connectivity index (χ1v) is 11.2. The number of carbonyl (C=O) groups is 2. The van der Waals surface area contributed by atoms with Crippen LogP contribution < -0.4 is 9.86 Å². The second-order valence-corrected chi connectivity index (χ2v) is 8.77. The quantitative estimate of drug-likeness (QED) is 0.432. The number of nitrogens with two attached hydrogens (primary N) is 1. The Balaban J connectivity index is 2.04. The molecule has 30 heavy (non-hydrogen) atoms. The van der Waals surface area contributed by atoms with Gasteiger partial charge in [-0.15, -0.1) is 0 Å². The summed E-state index contributed by atoms with van der Waals surface area (Å²) in [7, 11) is -5.59. The van der Waals surface area contributed by atoms with Crippen molar-refractivity contribution in [1.82, 2.24) is 14.6 Å². The van der Waals surface area contributed by atoms with Crippen LogP contribution in [0.25, 0.3) is 17.0 Å². The van der Waals surface area contributed by atoms with Gasteiger partial charge in [-0.25, -0.2) is 9.59 Å². The maximum atomic E-state index is 11.7. The predicted molar refractivity (Wildman–Crippen MR) is 107 cm³/mol. The van der Waals surface area contributed by atoms with Gasteiger partial charge in [-0.1, -0.05) is 6.07 Å². The lowest BCUT2D eigenvalue weighted by molar-refractivity contribution is -0.155. The number of aromatic amines is 1. The smallest absolute Gasteiger partial charge is 0.361 e. The van der Waals surface area contributed by atoms with E-state index in [2.05, 4.69) is 23.4 Å².